The normalized spacial score (nSPS) is 27.6. The molecule has 0 spiro atoms. The lowest BCUT2D eigenvalue weighted by atomic mass is 9.66. The topological polar surface area (TPSA) is 98.7 Å². The minimum Gasteiger partial charge on any atom is -0.384 e. The highest BCUT2D eigenvalue weighted by Crippen LogP contribution is 2.46. The maximum absolute atomic E-state index is 13.0. The predicted octanol–water partition coefficient (Wildman–Crippen LogP) is 2.99. The number of amides is 3. The summed E-state index contributed by atoms with van der Waals surface area (Å²) in [6.45, 7) is 8.14. The first-order chi connectivity index (χ1) is 15.4. The summed E-state index contributed by atoms with van der Waals surface area (Å²) in [5.74, 6) is -0.300. The van der Waals surface area contributed by atoms with E-state index in [0.29, 0.717) is 31.0 Å². The molecule has 8 heteroatoms. The molecule has 1 aliphatic carbocycles. The first-order valence-corrected chi connectivity index (χ1v) is 12.1. The molecule has 3 amide bonds. The highest BCUT2D eigenvalue weighted by molar-refractivity contribution is 6.30. The minimum atomic E-state index is -1.05. The van der Waals surface area contributed by atoms with Crippen molar-refractivity contribution in [3.05, 3.63) is 34.9 Å². The number of likely N-dealkylation sites (tertiary alicyclic amines) is 1. The molecule has 2 fully saturated rings. The molecular formula is C25H36ClN3O4. The highest BCUT2D eigenvalue weighted by atomic mass is 35.5. The van der Waals surface area contributed by atoms with E-state index in [1.54, 1.807) is 17.0 Å². The number of halogens is 1. The summed E-state index contributed by atoms with van der Waals surface area (Å²) in [5.41, 5.74) is -0.802. The van der Waals surface area contributed by atoms with Crippen molar-refractivity contribution in [2.24, 2.45) is 11.3 Å². The van der Waals surface area contributed by atoms with Crippen molar-refractivity contribution < 1.29 is 19.5 Å². The Labute approximate surface area is 201 Å². The van der Waals surface area contributed by atoms with Gasteiger partial charge in [0.25, 0.3) is 0 Å². The number of hydrogen-bond acceptors (Lipinski definition) is 4. The molecule has 1 saturated heterocycles. The third-order valence-corrected chi connectivity index (χ3v) is 7.46. The molecule has 1 aromatic rings. The fourth-order valence-corrected chi connectivity index (χ4v) is 5.36. The van der Waals surface area contributed by atoms with Crippen LogP contribution in [0.4, 0.5) is 0 Å². The predicted molar refractivity (Wildman–Crippen MR) is 127 cm³/mol. The summed E-state index contributed by atoms with van der Waals surface area (Å²) >= 11 is 6.00. The Kier molecular flexibility index (Phi) is 7.74. The number of piperidine rings is 1. The van der Waals surface area contributed by atoms with E-state index in [4.69, 9.17) is 11.6 Å². The standard InChI is InChI=1S/C25H36ClN3O4/c1-16(27-23(32)18-5-10-21(14-18)28-17(2)30)13-22(31)29-12-11-25(33,24(3,4)15-29)19-6-8-20(26)9-7-19/h6-9,16,18,21,33H,5,10-15H2,1-4H3,(H,27,32)(H,28,30)/t16-,18-,21-,25+/m1/s1. The quantitative estimate of drug-likeness (QED) is 0.586. The Morgan fingerprint density at radius 1 is 1.21 bits per heavy atom. The zero-order valence-electron chi connectivity index (χ0n) is 20.0. The van der Waals surface area contributed by atoms with Crippen LogP contribution in [0.2, 0.25) is 5.02 Å². The Balaban J connectivity index is 1.53. The van der Waals surface area contributed by atoms with Gasteiger partial charge in [-0.15, -0.1) is 0 Å². The van der Waals surface area contributed by atoms with Crippen molar-refractivity contribution in [1.29, 1.82) is 0 Å². The lowest BCUT2D eigenvalue weighted by molar-refractivity contribution is -0.153. The van der Waals surface area contributed by atoms with Crippen molar-refractivity contribution in [3.63, 3.8) is 0 Å². The van der Waals surface area contributed by atoms with E-state index in [2.05, 4.69) is 10.6 Å². The molecule has 1 saturated carbocycles. The van der Waals surface area contributed by atoms with Crippen LogP contribution in [0.15, 0.2) is 24.3 Å². The molecule has 1 aromatic carbocycles. The van der Waals surface area contributed by atoms with Crippen molar-refractivity contribution in [1.82, 2.24) is 15.5 Å². The van der Waals surface area contributed by atoms with E-state index < -0.39 is 11.0 Å². The summed E-state index contributed by atoms with van der Waals surface area (Å²) in [7, 11) is 0. The Hall–Kier alpha value is -2.12. The van der Waals surface area contributed by atoms with Crippen molar-refractivity contribution in [3.8, 4) is 0 Å². The fraction of sp³-hybridized carbons (Fsp3) is 0.640. The Morgan fingerprint density at radius 2 is 1.88 bits per heavy atom. The van der Waals surface area contributed by atoms with Crippen molar-refractivity contribution in [2.45, 2.75) is 77.5 Å². The van der Waals surface area contributed by atoms with Gasteiger partial charge in [0, 0.05) is 54.9 Å². The molecule has 1 aliphatic heterocycles. The lowest BCUT2D eigenvalue weighted by Gasteiger charge is -2.50. The average Bonchev–Trinajstić information content (AvgIpc) is 3.18. The molecule has 1 heterocycles. The van der Waals surface area contributed by atoms with E-state index >= 15 is 0 Å². The number of carbonyl (C=O) groups excluding carboxylic acids is 3. The van der Waals surface area contributed by atoms with Crippen molar-refractivity contribution in [2.75, 3.05) is 13.1 Å². The number of nitrogens with zero attached hydrogens (tertiary/aromatic N) is 1. The Bertz CT molecular complexity index is 888. The van der Waals surface area contributed by atoms with Crippen LogP contribution >= 0.6 is 11.6 Å². The van der Waals surface area contributed by atoms with E-state index in [1.165, 1.54) is 6.92 Å². The van der Waals surface area contributed by atoms with Gasteiger partial charge in [0.2, 0.25) is 17.7 Å². The van der Waals surface area contributed by atoms with Gasteiger partial charge in [-0.2, -0.15) is 0 Å². The first kappa shape index (κ1) is 25.5. The highest BCUT2D eigenvalue weighted by Gasteiger charge is 2.49. The molecule has 7 nitrogen and oxygen atoms in total. The average molecular weight is 478 g/mol. The molecule has 182 valence electrons. The van der Waals surface area contributed by atoms with Gasteiger partial charge >= 0.3 is 0 Å². The molecule has 4 atom stereocenters. The van der Waals surface area contributed by atoms with Gasteiger partial charge < -0.3 is 20.6 Å². The number of carbonyl (C=O) groups is 3. The SMILES string of the molecule is CC(=O)N[C@@H]1CC[C@@H](C(=O)N[C@H](C)CC(=O)N2CC[C@](O)(c3ccc(Cl)cc3)C(C)(C)C2)C1. The molecule has 0 aromatic heterocycles. The third kappa shape index (κ3) is 5.87. The van der Waals surface area contributed by atoms with E-state index in [1.807, 2.05) is 32.9 Å². The third-order valence-electron chi connectivity index (χ3n) is 7.20. The second-order valence-corrected chi connectivity index (χ2v) is 10.8. The maximum atomic E-state index is 13.0. The monoisotopic (exact) mass is 477 g/mol. The summed E-state index contributed by atoms with van der Waals surface area (Å²) in [5, 5.41) is 18.0. The molecule has 3 N–H and O–H groups in total. The number of benzene rings is 1. The Morgan fingerprint density at radius 3 is 2.48 bits per heavy atom. The zero-order chi connectivity index (χ0) is 24.4. The molecule has 0 unspecified atom stereocenters. The van der Waals surface area contributed by atoms with E-state index in [9.17, 15) is 19.5 Å². The molecule has 33 heavy (non-hydrogen) atoms. The zero-order valence-corrected chi connectivity index (χ0v) is 20.7. The molecule has 3 rings (SSSR count). The number of hydrogen-bond donors (Lipinski definition) is 3. The van der Waals surface area contributed by atoms with Gasteiger partial charge in [-0.3, -0.25) is 14.4 Å². The van der Waals surface area contributed by atoms with E-state index in [0.717, 1.165) is 18.4 Å². The minimum absolute atomic E-state index is 0.0309. The van der Waals surface area contributed by atoms with Gasteiger partial charge in [-0.1, -0.05) is 37.6 Å². The van der Waals surface area contributed by atoms with Gasteiger partial charge in [-0.25, -0.2) is 0 Å². The molecule has 0 radical (unpaired) electrons. The van der Waals surface area contributed by atoms with Gasteiger partial charge in [0.1, 0.15) is 0 Å². The van der Waals surface area contributed by atoms with Crippen LogP contribution in [0, 0.1) is 11.3 Å². The largest absolute Gasteiger partial charge is 0.384 e. The van der Waals surface area contributed by atoms with Crippen LogP contribution in [0.3, 0.4) is 0 Å². The van der Waals surface area contributed by atoms with Crippen LogP contribution in [-0.2, 0) is 20.0 Å². The van der Waals surface area contributed by atoms with Crippen LogP contribution in [0.1, 0.15) is 65.4 Å². The fourth-order valence-electron chi connectivity index (χ4n) is 5.24. The first-order valence-electron chi connectivity index (χ1n) is 11.7. The summed E-state index contributed by atoms with van der Waals surface area (Å²) in [6.07, 6.45) is 2.81. The summed E-state index contributed by atoms with van der Waals surface area (Å²) < 4.78 is 0. The van der Waals surface area contributed by atoms with Crippen molar-refractivity contribution >= 4 is 29.3 Å². The number of nitrogens with one attached hydrogen (secondary N) is 2. The number of rotatable bonds is 6. The lowest BCUT2D eigenvalue weighted by Crippen LogP contribution is -2.57. The summed E-state index contributed by atoms with van der Waals surface area (Å²) in [4.78, 5) is 38.6. The van der Waals surface area contributed by atoms with Crippen LogP contribution in [-0.4, -0.2) is 52.9 Å². The van der Waals surface area contributed by atoms with Crippen LogP contribution in [0.5, 0.6) is 0 Å². The van der Waals surface area contributed by atoms with Gasteiger partial charge in [0.05, 0.1) is 5.60 Å². The molecule has 0 bridgehead atoms. The smallest absolute Gasteiger partial charge is 0.224 e. The van der Waals surface area contributed by atoms with Gasteiger partial charge in [0.15, 0.2) is 0 Å². The van der Waals surface area contributed by atoms with E-state index in [-0.39, 0.29) is 42.1 Å². The molecular weight excluding hydrogens is 442 g/mol. The second kappa shape index (κ2) is 10.0. The van der Waals surface area contributed by atoms with Gasteiger partial charge in [-0.05, 0) is 50.3 Å². The summed E-state index contributed by atoms with van der Waals surface area (Å²) in [6, 6.07) is 7.00. The maximum Gasteiger partial charge on any atom is 0.224 e. The van der Waals surface area contributed by atoms with Crippen LogP contribution < -0.4 is 10.6 Å². The number of aliphatic hydroxyl groups is 1. The second-order valence-electron chi connectivity index (χ2n) is 10.3. The van der Waals surface area contributed by atoms with Crippen LogP contribution in [0.25, 0.3) is 0 Å². The molecule has 2 aliphatic rings.